The van der Waals surface area contributed by atoms with Crippen molar-refractivity contribution in [3.05, 3.63) is 12.2 Å². The highest BCUT2D eigenvalue weighted by Gasteiger charge is 2.16. The van der Waals surface area contributed by atoms with Gasteiger partial charge in [0.15, 0.2) is 0 Å². The number of nitrogens with zero attached hydrogens (tertiary/aromatic N) is 1. The molecule has 1 atom stereocenters. The van der Waals surface area contributed by atoms with E-state index in [0.29, 0.717) is 12.1 Å². The molecule has 0 amide bonds. The summed E-state index contributed by atoms with van der Waals surface area (Å²) >= 11 is 0. The van der Waals surface area contributed by atoms with Crippen LogP contribution in [0, 0.1) is 0 Å². The third kappa shape index (κ3) is 2.98. The van der Waals surface area contributed by atoms with Gasteiger partial charge in [0.05, 0.1) is 0 Å². The molecule has 0 aliphatic rings. The van der Waals surface area contributed by atoms with Gasteiger partial charge in [0.2, 0.25) is 0 Å². The second-order valence-corrected chi connectivity index (χ2v) is 3.70. The van der Waals surface area contributed by atoms with E-state index >= 15 is 0 Å². The zero-order chi connectivity index (χ0) is 9.72. The third-order valence-electron chi connectivity index (χ3n) is 2.62. The molecule has 0 rings (SSSR count). The summed E-state index contributed by atoms with van der Waals surface area (Å²) in [7, 11) is 2.18. The fourth-order valence-corrected chi connectivity index (χ4v) is 1.46. The average molecular weight is 169 g/mol. The van der Waals surface area contributed by atoms with Gasteiger partial charge in [0.25, 0.3) is 0 Å². The second-order valence-electron chi connectivity index (χ2n) is 3.70. The van der Waals surface area contributed by atoms with Crippen LogP contribution in [-0.4, -0.2) is 24.0 Å². The van der Waals surface area contributed by atoms with Crippen LogP contribution in [0.4, 0.5) is 0 Å². The Kier molecular flexibility index (Phi) is 5.23. The van der Waals surface area contributed by atoms with E-state index in [1.54, 1.807) is 0 Å². The largest absolute Gasteiger partial charge is 0.297 e. The van der Waals surface area contributed by atoms with E-state index in [1.807, 2.05) is 0 Å². The van der Waals surface area contributed by atoms with Crippen molar-refractivity contribution in [3.8, 4) is 0 Å². The molecule has 0 spiro atoms. The van der Waals surface area contributed by atoms with E-state index in [0.717, 1.165) is 6.42 Å². The molecule has 1 unspecified atom stereocenters. The Morgan fingerprint density at radius 3 is 2.08 bits per heavy atom. The molecule has 0 saturated heterocycles. The first-order chi connectivity index (χ1) is 5.54. The molecule has 0 aliphatic carbocycles. The molecule has 0 aliphatic heterocycles. The van der Waals surface area contributed by atoms with Crippen LogP contribution in [0.1, 0.15) is 40.5 Å². The van der Waals surface area contributed by atoms with Crippen molar-refractivity contribution in [3.63, 3.8) is 0 Å². The molecular weight excluding hydrogens is 146 g/mol. The zero-order valence-electron chi connectivity index (χ0n) is 9.22. The van der Waals surface area contributed by atoms with Gasteiger partial charge in [-0.3, -0.25) is 4.90 Å². The van der Waals surface area contributed by atoms with Crippen LogP contribution in [0.25, 0.3) is 0 Å². The van der Waals surface area contributed by atoms with Crippen LogP contribution in [0.2, 0.25) is 0 Å². The molecule has 1 nitrogen and oxygen atoms in total. The summed E-state index contributed by atoms with van der Waals surface area (Å²) in [6.07, 6.45) is 2.26. The molecule has 72 valence electrons. The van der Waals surface area contributed by atoms with Crippen molar-refractivity contribution in [2.24, 2.45) is 0 Å². The first kappa shape index (κ1) is 11.7. The van der Waals surface area contributed by atoms with Gasteiger partial charge in [-0.25, -0.2) is 0 Å². The van der Waals surface area contributed by atoms with Crippen LogP contribution in [0.5, 0.6) is 0 Å². The van der Waals surface area contributed by atoms with Crippen molar-refractivity contribution in [1.82, 2.24) is 4.90 Å². The lowest BCUT2D eigenvalue weighted by Gasteiger charge is -2.31. The van der Waals surface area contributed by atoms with Crippen LogP contribution in [0.3, 0.4) is 0 Å². The predicted octanol–water partition coefficient (Wildman–Crippen LogP) is 3.07. The standard InChI is InChI=1S/C11H23N/c1-7-10(5)11(8-2)12(6)9(3)4/h9,11H,5,7-8H2,1-4,6H3. The Morgan fingerprint density at radius 1 is 1.33 bits per heavy atom. The number of hydrogen-bond donors (Lipinski definition) is 0. The van der Waals surface area contributed by atoms with Gasteiger partial charge in [-0.15, -0.1) is 0 Å². The Morgan fingerprint density at radius 2 is 1.83 bits per heavy atom. The van der Waals surface area contributed by atoms with E-state index in [1.165, 1.54) is 12.0 Å². The zero-order valence-corrected chi connectivity index (χ0v) is 9.22. The Hall–Kier alpha value is -0.300. The smallest absolute Gasteiger partial charge is 0.0301 e. The topological polar surface area (TPSA) is 3.24 Å². The molecule has 12 heavy (non-hydrogen) atoms. The van der Waals surface area contributed by atoms with E-state index in [2.05, 4.69) is 46.2 Å². The fourth-order valence-electron chi connectivity index (χ4n) is 1.46. The average Bonchev–Trinajstić information content (AvgIpc) is 2.05. The maximum absolute atomic E-state index is 4.11. The van der Waals surface area contributed by atoms with Crippen LogP contribution >= 0.6 is 0 Å². The first-order valence-electron chi connectivity index (χ1n) is 4.94. The van der Waals surface area contributed by atoms with E-state index in [4.69, 9.17) is 0 Å². The summed E-state index contributed by atoms with van der Waals surface area (Å²) in [5.74, 6) is 0. The molecule has 0 saturated carbocycles. The summed E-state index contributed by atoms with van der Waals surface area (Å²) in [6, 6.07) is 1.17. The maximum Gasteiger partial charge on any atom is 0.0301 e. The highest BCUT2D eigenvalue weighted by Crippen LogP contribution is 2.16. The normalized spacial score (nSPS) is 13.9. The minimum atomic E-state index is 0.565. The highest BCUT2D eigenvalue weighted by atomic mass is 15.1. The van der Waals surface area contributed by atoms with Crippen LogP contribution in [0.15, 0.2) is 12.2 Å². The Balaban J connectivity index is 4.23. The molecule has 0 aromatic rings. The number of likely N-dealkylation sites (N-methyl/N-ethyl adjacent to an activating group) is 1. The monoisotopic (exact) mass is 169 g/mol. The van der Waals surface area contributed by atoms with Gasteiger partial charge in [-0.05, 0) is 33.7 Å². The van der Waals surface area contributed by atoms with Crippen molar-refractivity contribution in [2.75, 3.05) is 7.05 Å². The molecular formula is C11H23N. The molecule has 1 heteroatoms. The van der Waals surface area contributed by atoms with E-state index < -0.39 is 0 Å². The minimum Gasteiger partial charge on any atom is -0.297 e. The van der Waals surface area contributed by atoms with E-state index in [9.17, 15) is 0 Å². The quantitative estimate of drug-likeness (QED) is 0.572. The van der Waals surface area contributed by atoms with Gasteiger partial charge in [-0.1, -0.05) is 26.0 Å². The van der Waals surface area contributed by atoms with Gasteiger partial charge < -0.3 is 0 Å². The highest BCUT2D eigenvalue weighted by molar-refractivity contribution is 5.04. The predicted molar refractivity (Wildman–Crippen MR) is 56.4 cm³/mol. The van der Waals surface area contributed by atoms with Gasteiger partial charge in [0.1, 0.15) is 0 Å². The minimum absolute atomic E-state index is 0.565. The maximum atomic E-state index is 4.11. The molecule has 0 aromatic heterocycles. The first-order valence-corrected chi connectivity index (χ1v) is 4.94. The Labute approximate surface area is 77.5 Å². The van der Waals surface area contributed by atoms with Gasteiger partial charge >= 0.3 is 0 Å². The van der Waals surface area contributed by atoms with Crippen molar-refractivity contribution < 1.29 is 0 Å². The fraction of sp³-hybridized carbons (Fsp3) is 0.818. The lowest BCUT2D eigenvalue weighted by Crippen LogP contribution is -2.37. The lowest BCUT2D eigenvalue weighted by atomic mass is 10.0. The van der Waals surface area contributed by atoms with Crippen molar-refractivity contribution in [1.29, 1.82) is 0 Å². The summed E-state index contributed by atoms with van der Waals surface area (Å²) in [4.78, 5) is 2.39. The second kappa shape index (κ2) is 5.36. The lowest BCUT2D eigenvalue weighted by molar-refractivity contribution is 0.213. The molecule has 0 heterocycles. The number of hydrogen-bond acceptors (Lipinski definition) is 1. The molecule has 0 radical (unpaired) electrons. The summed E-state index contributed by atoms with van der Waals surface area (Å²) in [6.45, 7) is 13.0. The molecule has 0 bridgehead atoms. The van der Waals surface area contributed by atoms with Crippen LogP contribution < -0.4 is 0 Å². The summed E-state index contributed by atoms with van der Waals surface area (Å²) < 4.78 is 0. The molecule has 0 fully saturated rings. The van der Waals surface area contributed by atoms with E-state index in [-0.39, 0.29) is 0 Å². The van der Waals surface area contributed by atoms with Gasteiger partial charge in [0, 0.05) is 12.1 Å². The van der Waals surface area contributed by atoms with Gasteiger partial charge in [-0.2, -0.15) is 0 Å². The van der Waals surface area contributed by atoms with Crippen molar-refractivity contribution in [2.45, 2.75) is 52.6 Å². The van der Waals surface area contributed by atoms with Crippen LogP contribution in [-0.2, 0) is 0 Å². The molecule has 0 aromatic carbocycles. The SMILES string of the molecule is C=C(CC)C(CC)N(C)C(C)C. The summed E-state index contributed by atoms with van der Waals surface area (Å²) in [5, 5.41) is 0. The third-order valence-corrected chi connectivity index (χ3v) is 2.62. The number of rotatable bonds is 5. The molecule has 0 N–H and O–H groups in total. The van der Waals surface area contributed by atoms with Crippen molar-refractivity contribution >= 4 is 0 Å². The Bertz CT molecular complexity index is 138. The summed E-state index contributed by atoms with van der Waals surface area (Å²) in [5.41, 5.74) is 1.36.